The van der Waals surface area contributed by atoms with Crippen LogP contribution in [-0.2, 0) is 9.59 Å². The SMILES string of the molecule is CCOc1ccc(C2CC(C(=O)N3CCN(CC(=O)Nc4ccc(C)cc4)CC3)NN2)cc1. The molecule has 2 saturated heterocycles. The van der Waals surface area contributed by atoms with E-state index in [1.807, 2.05) is 67.3 Å². The van der Waals surface area contributed by atoms with E-state index in [0.29, 0.717) is 45.8 Å². The number of hydrazine groups is 1. The zero-order valence-electron chi connectivity index (χ0n) is 19.3. The van der Waals surface area contributed by atoms with Gasteiger partial charge in [-0.15, -0.1) is 0 Å². The third-order valence-corrected chi connectivity index (χ3v) is 6.18. The Bertz CT molecular complexity index is 940. The molecule has 2 amide bonds. The molecule has 2 atom stereocenters. The average molecular weight is 452 g/mol. The summed E-state index contributed by atoms with van der Waals surface area (Å²) in [7, 11) is 0. The lowest BCUT2D eigenvalue weighted by molar-refractivity contribution is -0.135. The second kappa shape index (κ2) is 10.8. The highest BCUT2D eigenvalue weighted by molar-refractivity contribution is 5.92. The highest BCUT2D eigenvalue weighted by Crippen LogP contribution is 2.25. The number of benzene rings is 2. The van der Waals surface area contributed by atoms with Gasteiger partial charge in [0.1, 0.15) is 11.8 Å². The van der Waals surface area contributed by atoms with Gasteiger partial charge in [-0.1, -0.05) is 29.8 Å². The van der Waals surface area contributed by atoms with Crippen LogP contribution in [0.25, 0.3) is 0 Å². The van der Waals surface area contributed by atoms with Gasteiger partial charge in [-0.2, -0.15) is 0 Å². The number of aryl methyl sites for hydroxylation is 1. The van der Waals surface area contributed by atoms with Crippen LogP contribution in [0.1, 0.15) is 30.5 Å². The first-order valence-corrected chi connectivity index (χ1v) is 11.6. The second-order valence-corrected chi connectivity index (χ2v) is 8.65. The van der Waals surface area contributed by atoms with Crippen LogP contribution in [0.4, 0.5) is 5.69 Å². The van der Waals surface area contributed by atoms with E-state index in [-0.39, 0.29) is 23.9 Å². The van der Waals surface area contributed by atoms with Crippen molar-refractivity contribution in [3.63, 3.8) is 0 Å². The Hall–Kier alpha value is -2.94. The van der Waals surface area contributed by atoms with Crippen LogP contribution in [0, 0.1) is 6.92 Å². The van der Waals surface area contributed by atoms with Crippen molar-refractivity contribution in [2.24, 2.45) is 0 Å². The maximum Gasteiger partial charge on any atom is 0.241 e. The van der Waals surface area contributed by atoms with Gasteiger partial charge in [-0.05, 0) is 50.1 Å². The number of ether oxygens (including phenoxy) is 1. The van der Waals surface area contributed by atoms with E-state index in [9.17, 15) is 9.59 Å². The first kappa shape index (κ1) is 23.2. The molecule has 4 rings (SSSR count). The number of anilines is 1. The molecule has 2 unspecified atom stereocenters. The lowest BCUT2D eigenvalue weighted by Gasteiger charge is -2.35. The number of nitrogens with one attached hydrogen (secondary N) is 3. The van der Waals surface area contributed by atoms with Crippen molar-refractivity contribution >= 4 is 17.5 Å². The number of rotatable bonds is 7. The Labute approximate surface area is 195 Å². The summed E-state index contributed by atoms with van der Waals surface area (Å²) < 4.78 is 5.50. The average Bonchev–Trinajstić information content (AvgIpc) is 3.32. The lowest BCUT2D eigenvalue weighted by Crippen LogP contribution is -2.54. The minimum Gasteiger partial charge on any atom is -0.494 e. The molecule has 0 saturated carbocycles. The van der Waals surface area contributed by atoms with Crippen LogP contribution in [0.2, 0.25) is 0 Å². The zero-order chi connectivity index (χ0) is 23.2. The second-order valence-electron chi connectivity index (χ2n) is 8.65. The first-order chi connectivity index (χ1) is 16.0. The summed E-state index contributed by atoms with van der Waals surface area (Å²) in [6.45, 7) is 7.59. The van der Waals surface area contributed by atoms with Gasteiger partial charge in [0.25, 0.3) is 0 Å². The van der Waals surface area contributed by atoms with E-state index in [4.69, 9.17) is 4.74 Å². The molecule has 0 spiro atoms. The molecule has 176 valence electrons. The van der Waals surface area contributed by atoms with Crippen molar-refractivity contribution in [3.05, 3.63) is 59.7 Å². The molecular formula is C25H33N5O3. The van der Waals surface area contributed by atoms with Crippen LogP contribution >= 0.6 is 0 Å². The topological polar surface area (TPSA) is 85.9 Å². The Morgan fingerprint density at radius 3 is 2.36 bits per heavy atom. The fourth-order valence-corrected chi connectivity index (χ4v) is 4.29. The predicted molar refractivity (Wildman–Crippen MR) is 128 cm³/mol. The molecule has 2 aromatic rings. The summed E-state index contributed by atoms with van der Waals surface area (Å²) in [6, 6.07) is 15.6. The standard InChI is InChI=1S/C25H33N5O3/c1-3-33-21-10-6-19(7-11-21)22-16-23(28-27-22)25(32)30-14-12-29(13-15-30)17-24(31)26-20-8-4-18(2)5-9-20/h4-11,22-23,27-28H,3,12-17H2,1-2H3,(H,26,31). The largest absolute Gasteiger partial charge is 0.494 e. The first-order valence-electron chi connectivity index (χ1n) is 11.6. The monoisotopic (exact) mass is 451 g/mol. The molecule has 33 heavy (non-hydrogen) atoms. The van der Waals surface area contributed by atoms with Gasteiger partial charge >= 0.3 is 0 Å². The van der Waals surface area contributed by atoms with E-state index >= 15 is 0 Å². The Balaban J connectivity index is 1.21. The quantitative estimate of drug-likeness (QED) is 0.598. The Morgan fingerprint density at radius 2 is 1.70 bits per heavy atom. The molecule has 2 aliphatic rings. The summed E-state index contributed by atoms with van der Waals surface area (Å²) >= 11 is 0. The van der Waals surface area contributed by atoms with E-state index < -0.39 is 0 Å². The number of nitrogens with zero attached hydrogens (tertiary/aromatic N) is 2. The highest BCUT2D eigenvalue weighted by Gasteiger charge is 2.34. The molecule has 3 N–H and O–H groups in total. The van der Waals surface area contributed by atoms with Crippen molar-refractivity contribution < 1.29 is 14.3 Å². The molecule has 8 heteroatoms. The molecule has 0 aromatic heterocycles. The van der Waals surface area contributed by atoms with Crippen LogP contribution < -0.4 is 20.9 Å². The molecule has 2 fully saturated rings. The lowest BCUT2D eigenvalue weighted by atomic mass is 10.0. The van der Waals surface area contributed by atoms with Gasteiger partial charge in [-0.3, -0.25) is 14.5 Å². The zero-order valence-corrected chi connectivity index (χ0v) is 19.3. The van der Waals surface area contributed by atoms with Gasteiger partial charge in [-0.25, -0.2) is 10.9 Å². The number of piperazine rings is 1. The normalized spacial score (nSPS) is 21.1. The number of carbonyl (C=O) groups is 2. The molecule has 0 radical (unpaired) electrons. The van der Waals surface area contributed by atoms with Gasteiger partial charge < -0.3 is 15.0 Å². The van der Waals surface area contributed by atoms with Gasteiger partial charge in [0.15, 0.2) is 0 Å². The molecule has 2 aliphatic heterocycles. The highest BCUT2D eigenvalue weighted by atomic mass is 16.5. The molecule has 8 nitrogen and oxygen atoms in total. The maximum atomic E-state index is 13.0. The van der Waals surface area contributed by atoms with E-state index in [1.54, 1.807) is 0 Å². The maximum absolute atomic E-state index is 13.0. The van der Waals surface area contributed by atoms with Crippen molar-refractivity contribution in [1.82, 2.24) is 20.7 Å². The van der Waals surface area contributed by atoms with Gasteiger partial charge in [0, 0.05) is 37.9 Å². The van der Waals surface area contributed by atoms with Gasteiger partial charge in [0.2, 0.25) is 11.8 Å². The molecule has 2 heterocycles. The van der Waals surface area contributed by atoms with E-state index in [1.165, 1.54) is 0 Å². The van der Waals surface area contributed by atoms with Crippen molar-refractivity contribution in [2.45, 2.75) is 32.4 Å². The number of hydrogen-bond donors (Lipinski definition) is 3. The summed E-state index contributed by atoms with van der Waals surface area (Å²) in [6.07, 6.45) is 0.700. The number of amides is 2. The minimum absolute atomic E-state index is 0.0292. The summed E-state index contributed by atoms with van der Waals surface area (Å²) in [5.41, 5.74) is 9.52. The smallest absolute Gasteiger partial charge is 0.241 e. The molecular weight excluding hydrogens is 418 g/mol. The number of carbonyl (C=O) groups excluding carboxylic acids is 2. The van der Waals surface area contributed by atoms with Gasteiger partial charge in [0.05, 0.1) is 13.2 Å². The molecule has 0 aliphatic carbocycles. The van der Waals surface area contributed by atoms with Crippen LogP contribution in [0.5, 0.6) is 5.75 Å². The van der Waals surface area contributed by atoms with Crippen molar-refractivity contribution in [2.75, 3.05) is 44.6 Å². The third kappa shape index (κ3) is 6.10. The summed E-state index contributed by atoms with van der Waals surface area (Å²) in [4.78, 5) is 29.4. The van der Waals surface area contributed by atoms with Crippen molar-refractivity contribution in [1.29, 1.82) is 0 Å². The van der Waals surface area contributed by atoms with Crippen LogP contribution in [-0.4, -0.2) is 67.0 Å². The molecule has 2 aromatic carbocycles. The molecule has 0 bridgehead atoms. The number of hydrogen-bond acceptors (Lipinski definition) is 6. The van der Waals surface area contributed by atoms with Crippen molar-refractivity contribution in [3.8, 4) is 5.75 Å². The summed E-state index contributed by atoms with van der Waals surface area (Å²) in [5, 5.41) is 2.94. The third-order valence-electron chi connectivity index (χ3n) is 6.18. The van der Waals surface area contributed by atoms with Crippen LogP contribution in [0.3, 0.4) is 0 Å². The minimum atomic E-state index is -0.252. The fraction of sp³-hybridized carbons (Fsp3) is 0.440. The predicted octanol–water partition coefficient (Wildman–Crippen LogP) is 2.08. The Kier molecular flexibility index (Phi) is 7.59. The Morgan fingerprint density at radius 1 is 1.00 bits per heavy atom. The summed E-state index contributed by atoms with van der Waals surface area (Å²) in [5.74, 6) is 0.934. The fourth-order valence-electron chi connectivity index (χ4n) is 4.29. The van der Waals surface area contributed by atoms with Crippen LogP contribution in [0.15, 0.2) is 48.5 Å². The van der Waals surface area contributed by atoms with E-state index in [2.05, 4.69) is 21.1 Å². The van der Waals surface area contributed by atoms with E-state index in [0.717, 1.165) is 22.6 Å².